The number of anilines is 1. The van der Waals surface area contributed by atoms with E-state index >= 15 is 0 Å². The number of pyridine rings is 1. The molecule has 10 heteroatoms. The second kappa shape index (κ2) is 9.54. The number of carbonyl (C=O) groups excluding carboxylic acids is 2. The first-order valence-electron chi connectivity index (χ1n) is 11.1. The van der Waals surface area contributed by atoms with Gasteiger partial charge in [0.1, 0.15) is 5.15 Å². The lowest BCUT2D eigenvalue weighted by Crippen LogP contribution is -2.51. The fourth-order valence-electron chi connectivity index (χ4n) is 4.93. The van der Waals surface area contributed by atoms with E-state index in [2.05, 4.69) is 59.1 Å². The van der Waals surface area contributed by atoms with E-state index in [1.54, 1.807) is 6.20 Å². The van der Waals surface area contributed by atoms with Crippen molar-refractivity contribution < 1.29 is 9.59 Å². The van der Waals surface area contributed by atoms with Gasteiger partial charge in [0.05, 0.1) is 21.6 Å². The molecule has 5 rings (SSSR count). The fraction of sp³-hybridized carbons (Fsp3) is 0.435. The Morgan fingerprint density at radius 2 is 1.97 bits per heavy atom. The number of aromatic nitrogens is 1. The highest BCUT2D eigenvalue weighted by molar-refractivity contribution is 9.10. The van der Waals surface area contributed by atoms with Crippen LogP contribution in [0, 0.1) is 0 Å². The third-order valence-corrected chi connectivity index (χ3v) is 8.58. The van der Waals surface area contributed by atoms with Crippen molar-refractivity contribution in [1.29, 1.82) is 0 Å². The summed E-state index contributed by atoms with van der Waals surface area (Å²) in [6.07, 6.45) is 2.67. The van der Waals surface area contributed by atoms with Gasteiger partial charge < -0.3 is 4.90 Å². The lowest BCUT2D eigenvalue weighted by atomic mass is 10.0. The summed E-state index contributed by atoms with van der Waals surface area (Å²) in [5, 5.41) is 2.81. The number of nitrogens with one attached hydrogen (secondary N) is 1. The van der Waals surface area contributed by atoms with Crippen LogP contribution in [0.1, 0.15) is 34.9 Å². The topological polar surface area (TPSA) is 68.8 Å². The van der Waals surface area contributed by atoms with Crippen LogP contribution in [0.4, 0.5) is 5.69 Å². The number of halogens is 2. The van der Waals surface area contributed by atoms with Gasteiger partial charge in [0, 0.05) is 51.9 Å². The third kappa shape index (κ3) is 4.66. The van der Waals surface area contributed by atoms with Gasteiger partial charge in [-0.3, -0.25) is 24.7 Å². The molecule has 2 atom stereocenters. The Morgan fingerprint density at radius 3 is 2.73 bits per heavy atom. The molecule has 174 valence electrons. The lowest BCUT2D eigenvalue weighted by Gasteiger charge is -2.36. The predicted octanol–water partition coefficient (Wildman–Crippen LogP) is 3.37. The van der Waals surface area contributed by atoms with E-state index in [1.807, 2.05) is 6.07 Å². The van der Waals surface area contributed by atoms with E-state index in [0.29, 0.717) is 24.5 Å². The summed E-state index contributed by atoms with van der Waals surface area (Å²) in [7, 11) is 0. The van der Waals surface area contributed by atoms with E-state index < -0.39 is 0 Å². The maximum absolute atomic E-state index is 12.4. The molecule has 0 spiro atoms. The average Bonchev–Trinajstić information content (AvgIpc) is 3.12. The molecule has 0 bridgehead atoms. The number of rotatable bonds is 4. The zero-order valence-corrected chi connectivity index (χ0v) is 21.2. The molecule has 1 aromatic heterocycles. The first-order chi connectivity index (χ1) is 15.9. The number of amides is 2. The summed E-state index contributed by atoms with van der Waals surface area (Å²) in [6, 6.07) is 8.25. The number of imide groups is 1. The summed E-state index contributed by atoms with van der Waals surface area (Å²) in [5.41, 5.74) is 4.69. The van der Waals surface area contributed by atoms with Gasteiger partial charge in [-0.25, -0.2) is 4.98 Å². The number of benzene rings is 1. The van der Waals surface area contributed by atoms with E-state index in [1.165, 1.54) is 11.1 Å². The van der Waals surface area contributed by atoms with Crippen molar-refractivity contribution in [1.82, 2.24) is 20.1 Å². The first kappa shape index (κ1) is 23.1. The minimum Gasteiger partial charge on any atom is -0.368 e. The second-order valence-electron chi connectivity index (χ2n) is 8.74. The number of hydrogen-bond acceptors (Lipinski definition) is 7. The van der Waals surface area contributed by atoms with Crippen LogP contribution in [0.2, 0.25) is 5.15 Å². The highest BCUT2D eigenvalue weighted by atomic mass is 79.9. The van der Waals surface area contributed by atoms with Gasteiger partial charge in [-0.15, -0.1) is 0 Å². The number of nitrogens with zero attached hydrogens (tertiary/aromatic N) is 4. The highest BCUT2D eigenvalue weighted by Crippen LogP contribution is 2.40. The molecular formula is C23H25BrClN5O2S. The number of fused-ring (bicyclic) bond motifs is 1. The Hall–Kier alpha value is -1.65. The molecule has 2 saturated heterocycles. The Labute approximate surface area is 212 Å². The summed E-state index contributed by atoms with van der Waals surface area (Å²) < 4.78 is 0.846. The number of carbonyl (C=O) groups is 2. The molecule has 33 heavy (non-hydrogen) atoms. The summed E-state index contributed by atoms with van der Waals surface area (Å²) >= 11 is 14.6. The van der Waals surface area contributed by atoms with Gasteiger partial charge >= 0.3 is 0 Å². The third-order valence-electron chi connectivity index (χ3n) is 6.71. The van der Waals surface area contributed by atoms with Crippen molar-refractivity contribution in [2.24, 2.45) is 0 Å². The predicted molar refractivity (Wildman–Crippen MR) is 134 cm³/mol. The van der Waals surface area contributed by atoms with Gasteiger partial charge in [-0.05, 0) is 45.1 Å². The van der Waals surface area contributed by atoms with Gasteiger partial charge in [0.15, 0.2) is 0 Å². The molecule has 3 aliphatic heterocycles. The number of piperidine rings is 1. The van der Waals surface area contributed by atoms with Crippen LogP contribution < -0.4 is 10.2 Å². The van der Waals surface area contributed by atoms with Crippen molar-refractivity contribution in [3.63, 3.8) is 0 Å². The molecule has 3 aliphatic rings. The molecule has 2 unspecified atom stereocenters. The molecule has 0 saturated carbocycles. The molecule has 0 aliphatic carbocycles. The Bertz CT molecular complexity index is 1090. The largest absolute Gasteiger partial charge is 0.368 e. The van der Waals surface area contributed by atoms with Gasteiger partial charge in [-0.2, -0.15) is 12.6 Å². The number of piperazine rings is 1. The molecule has 7 nitrogen and oxygen atoms in total. The van der Waals surface area contributed by atoms with Gasteiger partial charge in [0.2, 0.25) is 11.8 Å². The van der Waals surface area contributed by atoms with E-state index in [9.17, 15) is 9.59 Å². The SMILES string of the molecule is O=C1CCC(N2Cc3ccc(CN4CCN(c5ccnc(Cl)c5Br)CC4)cc3C2S)C(=O)N1. The monoisotopic (exact) mass is 549 g/mol. The zero-order valence-electron chi connectivity index (χ0n) is 18.0. The summed E-state index contributed by atoms with van der Waals surface area (Å²) in [6.45, 7) is 5.30. The smallest absolute Gasteiger partial charge is 0.243 e. The van der Waals surface area contributed by atoms with Crippen molar-refractivity contribution >= 4 is 57.7 Å². The fourth-order valence-corrected chi connectivity index (χ4v) is 6.05. The zero-order chi connectivity index (χ0) is 23.1. The summed E-state index contributed by atoms with van der Waals surface area (Å²) in [4.78, 5) is 34.9. The maximum Gasteiger partial charge on any atom is 0.243 e. The van der Waals surface area contributed by atoms with Crippen molar-refractivity contribution in [3.05, 3.63) is 56.8 Å². The second-order valence-corrected chi connectivity index (χ2v) is 10.4. The summed E-state index contributed by atoms with van der Waals surface area (Å²) in [5.74, 6) is -0.399. The Kier molecular flexibility index (Phi) is 6.68. The van der Waals surface area contributed by atoms with Crippen LogP contribution >= 0.6 is 40.2 Å². The molecule has 0 radical (unpaired) electrons. The highest BCUT2D eigenvalue weighted by Gasteiger charge is 2.39. The van der Waals surface area contributed by atoms with Crippen LogP contribution in [0.25, 0.3) is 0 Å². The molecule has 2 fully saturated rings. The van der Waals surface area contributed by atoms with E-state index in [4.69, 9.17) is 24.2 Å². The Balaban J connectivity index is 1.22. The molecule has 1 aromatic carbocycles. The van der Waals surface area contributed by atoms with Crippen molar-refractivity contribution in [2.45, 2.75) is 37.3 Å². The van der Waals surface area contributed by atoms with Crippen molar-refractivity contribution in [2.75, 3.05) is 31.1 Å². The normalized spacial score (nSPS) is 24.2. The van der Waals surface area contributed by atoms with E-state index in [0.717, 1.165) is 48.4 Å². The average molecular weight is 551 g/mol. The molecule has 1 N–H and O–H groups in total. The van der Waals surface area contributed by atoms with Crippen LogP contribution in [-0.4, -0.2) is 58.8 Å². The van der Waals surface area contributed by atoms with E-state index in [-0.39, 0.29) is 23.2 Å². The minimum absolute atomic E-state index is 0.144. The quantitative estimate of drug-likeness (QED) is 0.346. The number of hydrogen-bond donors (Lipinski definition) is 2. The maximum atomic E-state index is 12.4. The van der Waals surface area contributed by atoms with Crippen molar-refractivity contribution in [3.8, 4) is 0 Å². The van der Waals surface area contributed by atoms with Crippen LogP contribution in [0.15, 0.2) is 34.9 Å². The standard InChI is InChI=1S/C23H25BrClN5O2S/c24-20-17(5-6-26-21(20)25)29-9-7-28(8-10-29)12-14-1-2-15-13-30(23(33)16(15)11-14)18-3-4-19(31)27-22(18)32/h1-2,5-6,11,18,23,33H,3-4,7-10,12-13H2,(H,27,31,32). The van der Waals surface area contributed by atoms with Crippen LogP contribution in [0.5, 0.6) is 0 Å². The lowest BCUT2D eigenvalue weighted by molar-refractivity contribution is -0.137. The molecule has 4 heterocycles. The molecule has 2 amide bonds. The van der Waals surface area contributed by atoms with Gasteiger partial charge in [0.25, 0.3) is 0 Å². The number of thiol groups is 1. The minimum atomic E-state index is -0.310. The van der Waals surface area contributed by atoms with Gasteiger partial charge in [-0.1, -0.05) is 29.8 Å². The molecular weight excluding hydrogens is 526 g/mol. The molecule has 2 aromatic rings. The van der Waals surface area contributed by atoms with Crippen LogP contribution in [0.3, 0.4) is 0 Å². The van der Waals surface area contributed by atoms with Crippen LogP contribution in [-0.2, 0) is 22.7 Å². The first-order valence-corrected chi connectivity index (χ1v) is 12.8. The Morgan fingerprint density at radius 1 is 1.18 bits per heavy atom.